The van der Waals surface area contributed by atoms with E-state index in [-0.39, 0.29) is 29.7 Å². The predicted molar refractivity (Wildman–Crippen MR) is 83.0 cm³/mol. The fraction of sp³-hybridized carbons (Fsp3) is 0.812. The highest BCUT2D eigenvalue weighted by Crippen LogP contribution is 2.29. The Morgan fingerprint density at radius 2 is 1.68 bits per heavy atom. The maximum absolute atomic E-state index is 12.9. The zero-order valence-corrected chi connectivity index (χ0v) is 13.6. The number of nitrogens with zero attached hydrogens (tertiary/aromatic N) is 1. The number of rotatable bonds is 4. The van der Waals surface area contributed by atoms with Gasteiger partial charge in [-0.05, 0) is 31.6 Å². The normalized spacial score (nSPS) is 23.9. The third-order valence-electron chi connectivity index (χ3n) is 4.64. The summed E-state index contributed by atoms with van der Waals surface area (Å²) in [4.78, 5) is 37.3. The summed E-state index contributed by atoms with van der Waals surface area (Å²) in [6.07, 6.45) is 6.04. The molecule has 0 aromatic heterocycles. The molecule has 2 atom stereocenters. The summed E-state index contributed by atoms with van der Waals surface area (Å²) in [6, 6.07) is -0.382. The second kappa shape index (κ2) is 7.61. The van der Waals surface area contributed by atoms with Crippen molar-refractivity contribution >= 4 is 17.7 Å². The van der Waals surface area contributed by atoms with E-state index in [0.29, 0.717) is 13.1 Å². The summed E-state index contributed by atoms with van der Waals surface area (Å²) >= 11 is 0. The molecule has 0 aromatic carbocycles. The van der Waals surface area contributed by atoms with Gasteiger partial charge in [-0.15, -0.1) is 0 Å². The van der Waals surface area contributed by atoms with Gasteiger partial charge in [0.25, 0.3) is 0 Å². The second-order valence-corrected chi connectivity index (χ2v) is 6.55. The van der Waals surface area contributed by atoms with Crippen molar-refractivity contribution in [2.75, 3.05) is 13.1 Å². The summed E-state index contributed by atoms with van der Waals surface area (Å²) in [5.41, 5.74) is 0. The molecule has 1 saturated carbocycles. The number of nitrogens with one attached hydrogen (secondary N) is 2. The lowest BCUT2D eigenvalue weighted by atomic mass is 9.95. The van der Waals surface area contributed by atoms with Crippen molar-refractivity contribution in [1.82, 2.24) is 15.5 Å². The largest absolute Gasteiger partial charge is 0.352 e. The number of likely N-dealkylation sites (tertiary alicyclic amines) is 1. The van der Waals surface area contributed by atoms with E-state index in [1.807, 2.05) is 4.90 Å². The lowest BCUT2D eigenvalue weighted by Crippen LogP contribution is -2.56. The maximum atomic E-state index is 12.9. The Balaban J connectivity index is 2.01. The minimum absolute atomic E-state index is 0.0113. The summed E-state index contributed by atoms with van der Waals surface area (Å²) in [5.74, 6) is 0.0452. The first kappa shape index (κ1) is 16.8. The average molecular weight is 309 g/mol. The number of amides is 3. The highest BCUT2D eigenvalue weighted by molar-refractivity contribution is 5.87. The fourth-order valence-corrected chi connectivity index (χ4v) is 3.67. The quantitative estimate of drug-likeness (QED) is 0.806. The third kappa shape index (κ3) is 4.45. The molecule has 1 heterocycles. The predicted octanol–water partition coefficient (Wildman–Crippen LogP) is 0.808. The molecule has 0 bridgehead atoms. The molecule has 0 aromatic rings. The molecule has 2 aliphatic rings. The molecule has 3 amide bonds. The van der Waals surface area contributed by atoms with Crippen LogP contribution in [0.5, 0.6) is 0 Å². The van der Waals surface area contributed by atoms with E-state index < -0.39 is 6.04 Å². The van der Waals surface area contributed by atoms with Crippen LogP contribution in [0.15, 0.2) is 0 Å². The molecule has 0 spiro atoms. The standard InChI is InChI=1S/C16H27N3O3/c1-11(20)17-14-8-5-9-19(10-14)16(22)15(18-12(2)21)13-6-3-4-7-13/h13-15H,3-10H2,1-2H3,(H,17,20)(H,18,21)/t14-,15-/m0/s1. The lowest BCUT2D eigenvalue weighted by Gasteiger charge is -2.36. The van der Waals surface area contributed by atoms with Gasteiger partial charge >= 0.3 is 0 Å². The molecule has 1 saturated heterocycles. The van der Waals surface area contributed by atoms with E-state index in [4.69, 9.17) is 0 Å². The minimum atomic E-state index is -0.406. The zero-order chi connectivity index (χ0) is 16.1. The van der Waals surface area contributed by atoms with Gasteiger partial charge in [-0.25, -0.2) is 0 Å². The van der Waals surface area contributed by atoms with Crippen LogP contribution in [-0.4, -0.2) is 47.8 Å². The Kier molecular flexibility index (Phi) is 5.80. The van der Waals surface area contributed by atoms with Crippen LogP contribution in [0.1, 0.15) is 52.4 Å². The fourth-order valence-electron chi connectivity index (χ4n) is 3.67. The van der Waals surface area contributed by atoms with Gasteiger partial charge in [-0.3, -0.25) is 14.4 Å². The molecular formula is C16H27N3O3. The van der Waals surface area contributed by atoms with Crippen LogP contribution in [0.4, 0.5) is 0 Å². The van der Waals surface area contributed by atoms with Crippen molar-refractivity contribution in [2.45, 2.75) is 64.5 Å². The van der Waals surface area contributed by atoms with Gasteiger partial charge in [0.2, 0.25) is 17.7 Å². The molecule has 2 fully saturated rings. The van der Waals surface area contributed by atoms with Crippen LogP contribution in [0, 0.1) is 5.92 Å². The van der Waals surface area contributed by atoms with Crippen molar-refractivity contribution < 1.29 is 14.4 Å². The lowest BCUT2D eigenvalue weighted by molar-refractivity contribution is -0.139. The van der Waals surface area contributed by atoms with Crippen LogP contribution >= 0.6 is 0 Å². The van der Waals surface area contributed by atoms with Crippen molar-refractivity contribution in [1.29, 1.82) is 0 Å². The Morgan fingerprint density at radius 3 is 2.27 bits per heavy atom. The van der Waals surface area contributed by atoms with E-state index in [1.54, 1.807) is 0 Å². The number of hydrogen-bond acceptors (Lipinski definition) is 3. The number of hydrogen-bond donors (Lipinski definition) is 2. The van der Waals surface area contributed by atoms with Crippen LogP contribution in [0.2, 0.25) is 0 Å². The van der Waals surface area contributed by atoms with Crippen LogP contribution in [0.3, 0.4) is 0 Å². The van der Waals surface area contributed by atoms with Gasteiger partial charge < -0.3 is 15.5 Å². The first-order valence-corrected chi connectivity index (χ1v) is 8.30. The maximum Gasteiger partial charge on any atom is 0.245 e. The van der Waals surface area contributed by atoms with Gasteiger partial charge in [0.1, 0.15) is 6.04 Å². The SMILES string of the molecule is CC(=O)N[C@H]1CCCN(C(=O)[C@@H](NC(C)=O)C2CCCC2)C1. The number of carbonyl (C=O) groups excluding carboxylic acids is 3. The number of piperidine rings is 1. The molecule has 0 unspecified atom stereocenters. The van der Waals surface area contributed by atoms with E-state index in [0.717, 1.165) is 38.5 Å². The molecule has 1 aliphatic heterocycles. The van der Waals surface area contributed by atoms with Crippen LogP contribution in [-0.2, 0) is 14.4 Å². The molecule has 1 aliphatic carbocycles. The van der Waals surface area contributed by atoms with Gasteiger partial charge in [-0.1, -0.05) is 12.8 Å². The zero-order valence-electron chi connectivity index (χ0n) is 13.6. The van der Waals surface area contributed by atoms with Gasteiger partial charge in [-0.2, -0.15) is 0 Å². The highest BCUT2D eigenvalue weighted by Gasteiger charge is 2.35. The molecule has 2 rings (SSSR count). The van der Waals surface area contributed by atoms with Crippen LogP contribution in [0.25, 0.3) is 0 Å². The van der Waals surface area contributed by atoms with E-state index in [9.17, 15) is 14.4 Å². The van der Waals surface area contributed by atoms with Gasteiger partial charge in [0.15, 0.2) is 0 Å². The smallest absolute Gasteiger partial charge is 0.245 e. The van der Waals surface area contributed by atoms with Gasteiger partial charge in [0, 0.05) is 33.0 Å². The summed E-state index contributed by atoms with van der Waals surface area (Å²) in [5, 5.41) is 5.75. The molecular weight excluding hydrogens is 282 g/mol. The first-order chi connectivity index (χ1) is 10.5. The van der Waals surface area contributed by atoms with E-state index >= 15 is 0 Å². The molecule has 22 heavy (non-hydrogen) atoms. The minimum Gasteiger partial charge on any atom is -0.352 e. The van der Waals surface area contributed by atoms with E-state index in [1.165, 1.54) is 13.8 Å². The van der Waals surface area contributed by atoms with Crippen molar-refractivity contribution in [2.24, 2.45) is 5.92 Å². The summed E-state index contributed by atoms with van der Waals surface area (Å²) < 4.78 is 0. The molecule has 0 radical (unpaired) electrons. The summed E-state index contributed by atoms with van der Waals surface area (Å²) in [7, 11) is 0. The molecule has 6 heteroatoms. The Bertz CT molecular complexity index is 432. The van der Waals surface area contributed by atoms with Gasteiger partial charge in [0.05, 0.1) is 0 Å². The van der Waals surface area contributed by atoms with Crippen LogP contribution < -0.4 is 10.6 Å². The Morgan fingerprint density at radius 1 is 1.00 bits per heavy atom. The molecule has 2 N–H and O–H groups in total. The number of carbonyl (C=O) groups is 3. The van der Waals surface area contributed by atoms with Crippen molar-refractivity contribution in [3.05, 3.63) is 0 Å². The molecule has 124 valence electrons. The van der Waals surface area contributed by atoms with Crippen molar-refractivity contribution in [3.63, 3.8) is 0 Å². The highest BCUT2D eigenvalue weighted by atomic mass is 16.2. The second-order valence-electron chi connectivity index (χ2n) is 6.55. The monoisotopic (exact) mass is 309 g/mol. The first-order valence-electron chi connectivity index (χ1n) is 8.30. The Hall–Kier alpha value is -1.59. The average Bonchev–Trinajstić information content (AvgIpc) is 2.97. The van der Waals surface area contributed by atoms with Crippen molar-refractivity contribution in [3.8, 4) is 0 Å². The van der Waals surface area contributed by atoms with E-state index in [2.05, 4.69) is 10.6 Å². The Labute approximate surface area is 132 Å². The molecule has 6 nitrogen and oxygen atoms in total. The third-order valence-corrected chi connectivity index (χ3v) is 4.64. The topological polar surface area (TPSA) is 78.5 Å². The summed E-state index contributed by atoms with van der Waals surface area (Å²) in [6.45, 7) is 4.21.